The molecule has 2 aliphatic heterocycles. The molecule has 128 valence electrons. The molecule has 2 saturated heterocycles. The Morgan fingerprint density at radius 1 is 1.35 bits per heavy atom. The molecule has 2 fully saturated rings. The number of hydrogen-bond donors (Lipinski definition) is 0. The number of sulfonamides is 1. The quantitative estimate of drug-likeness (QED) is 0.826. The minimum Gasteiger partial charge on any atom is -0.372 e. The van der Waals surface area contributed by atoms with E-state index in [9.17, 15) is 8.42 Å². The van der Waals surface area contributed by atoms with Crippen LogP contribution in [0.3, 0.4) is 0 Å². The van der Waals surface area contributed by atoms with E-state index in [1.165, 1.54) is 4.31 Å². The minimum atomic E-state index is -3.53. The Kier molecular flexibility index (Phi) is 4.73. The van der Waals surface area contributed by atoms with Gasteiger partial charge in [0.05, 0.1) is 17.2 Å². The first-order chi connectivity index (χ1) is 10.8. The van der Waals surface area contributed by atoms with Crippen molar-refractivity contribution in [1.29, 1.82) is 0 Å². The van der Waals surface area contributed by atoms with Crippen molar-refractivity contribution in [2.75, 3.05) is 40.3 Å². The molecule has 0 amide bonds. The van der Waals surface area contributed by atoms with Gasteiger partial charge in [0.1, 0.15) is 4.90 Å². The van der Waals surface area contributed by atoms with E-state index < -0.39 is 10.0 Å². The van der Waals surface area contributed by atoms with E-state index in [0.29, 0.717) is 25.6 Å². The summed E-state index contributed by atoms with van der Waals surface area (Å²) in [7, 11) is 0.595. The number of benzene rings is 1. The molecule has 2 aliphatic rings. The molecule has 23 heavy (non-hydrogen) atoms. The Balaban J connectivity index is 1.62. The van der Waals surface area contributed by atoms with Crippen molar-refractivity contribution < 1.29 is 13.2 Å². The van der Waals surface area contributed by atoms with Crippen molar-refractivity contribution in [3.05, 3.63) is 29.3 Å². The molecule has 0 aliphatic carbocycles. The van der Waals surface area contributed by atoms with Gasteiger partial charge in [-0.05, 0) is 45.0 Å². The summed E-state index contributed by atoms with van der Waals surface area (Å²) in [5.41, 5.74) is -0.295. The van der Waals surface area contributed by atoms with E-state index in [2.05, 4.69) is 19.0 Å². The van der Waals surface area contributed by atoms with Crippen LogP contribution in [0.5, 0.6) is 0 Å². The summed E-state index contributed by atoms with van der Waals surface area (Å²) in [6.45, 7) is 2.57. The number of halogens is 1. The molecule has 1 aromatic rings. The maximum atomic E-state index is 12.7. The number of ether oxygens (including phenoxy) is 1. The lowest BCUT2D eigenvalue weighted by Gasteiger charge is -2.52. The zero-order chi connectivity index (χ0) is 16.7. The van der Waals surface area contributed by atoms with Crippen molar-refractivity contribution in [2.24, 2.45) is 5.92 Å². The van der Waals surface area contributed by atoms with Gasteiger partial charge in [-0.3, -0.25) is 0 Å². The summed E-state index contributed by atoms with van der Waals surface area (Å²) >= 11 is 6.04. The first kappa shape index (κ1) is 17.2. The highest BCUT2D eigenvalue weighted by atomic mass is 35.5. The Bertz CT molecular complexity index is 662. The van der Waals surface area contributed by atoms with Gasteiger partial charge in [0.25, 0.3) is 0 Å². The van der Waals surface area contributed by atoms with Crippen LogP contribution >= 0.6 is 11.6 Å². The second-order valence-corrected chi connectivity index (χ2v) is 9.18. The fourth-order valence-electron chi connectivity index (χ4n) is 3.39. The zero-order valence-electron chi connectivity index (χ0n) is 13.5. The topological polar surface area (TPSA) is 49.9 Å². The molecular weight excluding hydrogens is 336 g/mol. The second-order valence-electron chi connectivity index (χ2n) is 6.86. The Hall–Kier alpha value is -0.660. The molecule has 0 unspecified atom stereocenters. The van der Waals surface area contributed by atoms with Crippen LogP contribution in [0.15, 0.2) is 29.2 Å². The zero-order valence-corrected chi connectivity index (χ0v) is 15.1. The standard InChI is InChI=1S/C16H23ClN2O3S/c1-18(2)9-13-7-8-16(22-10-13)11-19(12-16)23(20,21)15-6-4-3-5-14(15)17/h3-6,13H,7-12H2,1-2H3/t13-/m0/s1. The van der Waals surface area contributed by atoms with Crippen molar-refractivity contribution in [2.45, 2.75) is 23.3 Å². The van der Waals surface area contributed by atoms with E-state index in [0.717, 1.165) is 19.4 Å². The van der Waals surface area contributed by atoms with E-state index >= 15 is 0 Å². The SMILES string of the molecule is CN(C)C[C@@H]1CCC2(CN(S(=O)(=O)c3ccccc3Cl)C2)OC1. The van der Waals surface area contributed by atoms with Crippen LogP contribution in [0.4, 0.5) is 0 Å². The first-order valence-corrected chi connectivity index (χ1v) is 9.68. The molecule has 0 saturated carbocycles. The summed E-state index contributed by atoms with van der Waals surface area (Å²) in [6.07, 6.45) is 2.00. The summed E-state index contributed by atoms with van der Waals surface area (Å²) in [4.78, 5) is 2.35. The smallest absolute Gasteiger partial charge is 0.244 e. The predicted octanol–water partition coefficient (Wildman–Crippen LogP) is 2.07. The minimum absolute atomic E-state index is 0.179. The molecular formula is C16H23ClN2O3S. The van der Waals surface area contributed by atoms with Crippen LogP contribution in [0.25, 0.3) is 0 Å². The number of rotatable bonds is 4. The van der Waals surface area contributed by atoms with Gasteiger partial charge in [-0.1, -0.05) is 23.7 Å². The monoisotopic (exact) mass is 358 g/mol. The third-order valence-corrected chi connectivity index (χ3v) is 6.93. The molecule has 0 N–H and O–H groups in total. The average molecular weight is 359 g/mol. The largest absolute Gasteiger partial charge is 0.372 e. The highest BCUT2D eigenvalue weighted by Gasteiger charge is 2.51. The molecule has 3 rings (SSSR count). The van der Waals surface area contributed by atoms with Crippen molar-refractivity contribution in [3.63, 3.8) is 0 Å². The van der Waals surface area contributed by atoms with Gasteiger partial charge in [0, 0.05) is 19.6 Å². The summed E-state index contributed by atoms with van der Waals surface area (Å²) in [6, 6.07) is 6.58. The first-order valence-electron chi connectivity index (χ1n) is 7.86. The van der Waals surface area contributed by atoms with E-state index in [4.69, 9.17) is 16.3 Å². The molecule has 2 heterocycles. The predicted molar refractivity (Wildman–Crippen MR) is 90.2 cm³/mol. The van der Waals surface area contributed by atoms with Crippen LogP contribution in [0, 0.1) is 5.92 Å². The van der Waals surface area contributed by atoms with Gasteiger partial charge in [0.2, 0.25) is 10.0 Å². The van der Waals surface area contributed by atoms with E-state index in [1.54, 1.807) is 24.3 Å². The van der Waals surface area contributed by atoms with Gasteiger partial charge >= 0.3 is 0 Å². The number of nitrogens with zero attached hydrogens (tertiary/aromatic N) is 2. The van der Waals surface area contributed by atoms with Crippen LogP contribution in [-0.2, 0) is 14.8 Å². The molecule has 1 atom stereocenters. The highest BCUT2D eigenvalue weighted by molar-refractivity contribution is 7.89. The highest BCUT2D eigenvalue weighted by Crippen LogP contribution is 2.39. The molecule has 1 spiro atoms. The van der Waals surface area contributed by atoms with Crippen LogP contribution in [-0.4, -0.2) is 63.6 Å². The van der Waals surface area contributed by atoms with Gasteiger partial charge in [-0.15, -0.1) is 0 Å². The van der Waals surface area contributed by atoms with Crippen LogP contribution < -0.4 is 0 Å². The lowest BCUT2D eigenvalue weighted by Crippen LogP contribution is -2.66. The summed E-state index contributed by atoms with van der Waals surface area (Å²) in [5.74, 6) is 0.532. The van der Waals surface area contributed by atoms with Gasteiger partial charge in [0.15, 0.2) is 0 Å². The van der Waals surface area contributed by atoms with Gasteiger partial charge in [-0.2, -0.15) is 4.31 Å². The maximum Gasteiger partial charge on any atom is 0.244 e. The van der Waals surface area contributed by atoms with Crippen LogP contribution in [0.2, 0.25) is 5.02 Å². The maximum absolute atomic E-state index is 12.7. The van der Waals surface area contributed by atoms with Gasteiger partial charge < -0.3 is 9.64 Å². The van der Waals surface area contributed by atoms with Crippen LogP contribution in [0.1, 0.15) is 12.8 Å². The fraction of sp³-hybridized carbons (Fsp3) is 0.625. The second kappa shape index (κ2) is 6.33. The average Bonchev–Trinajstić information content (AvgIpc) is 2.45. The lowest BCUT2D eigenvalue weighted by molar-refractivity contribution is -0.158. The van der Waals surface area contributed by atoms with Crippen molar-refractivity contribution >= 4 is 21.6 Å². The van der Waals surface area contributed by atoms with Gasteiger partial charge in [-0.25, -0.2) is 8.42 Å². The molecule has 0 radical (unpaired) electrons. The molecule has 0 aromatic heterocycles. The molecule has 1 aromatic carbocycles. The summed E-state index contributed by atoms with van der Waals surface area (Å²) in [5, 5.41) is 0.268. The Morgan fingerprint density at radius 2 is 2.04 bits per heavy atom. The molecule has 5 nitrogen and oxygen atoms in total. The third-order valence-electron chi connectivity index (χ3n) is 4.64. The molecule has 7 heteroatoms. The third kappa shape index (κ3) is 3.42. The summed E-state index contributed by atoms with van der Waals surface area (Å²) < 4.78 is 32.8. The number of hydrogen-bond acceptors (Lipinski definition) is 4. The van der Waals surface area contributed by atoms with Crippen molar-refractivity contribution in [3.8, 4) is 0 Å². The lowest BCUT2D eigenvalue weighted by atomic mass is 9.84. The van der Waals surface area contributed by atoms with E-state index in [-0.39, 0.29) is 15.5 Å². The Labute approximate surface area is 143 Å². The van der Waals surface area contributed by atoms with E-state index in [1.807, 2.05) is 0 Å². The normalized spacial score (nSPS) is 24.8. The van der Waals surface area contributed by atoms with Crippen molar-refractivity contribution in [1.82, 2.24) is 9.21 Å². The molecule has 0 bridgehead atoms. The Morgan fingerprint density at radius 3 is 2.61 bits per heavy atom. The fourth-order valence-corrected chi connectivity index (χ4v) is 5.47.